The number of carbonyl (C=O) groups excluding carboxylic acids is 2. The smallest absolute Gasteiger partial charge is 0.261 e. The predicted octanol–water partition coefficient (Wildman–Crippen LogP) is 1.61. The van der Waals surface area contributed by atoms with Gasteiger partial charge in [0.25, 0.3) is 5.56 Å². The molecule has 0 aliphatic carbocycles. The van der Waals surface area contributed by atoms with Gasteiger partial charge in [0.05, 0.1) is 17.2 Å². The number of aromatic nitrogens is 2. The van der Waals surface area contributed by atoms with E-state index in [1.165, 1.54) is 10.9 Å². The Hall–Kier alpha value is -2.70. The summed E-state index contributed by atoms with van der Waals surface area (Å²) in [5.74, 6) is -0.0176. The third-order valence-corrected chi connectivity index (χ3v) is 4.97. The van der Waals surface area contributed by atoms with Gasteiger partial charge in [-0.2, -0.15) is 0 Å². The molecule has 0 spiro atoms. The molecule has 27 heavy (non-hydrogen) atoms. The minimum Gasteiger partial charge on any atom is -0.354 e. The van der Waals surface area contributed by atoms with E-state index < -0.39 is 0 Å². The van der Waals surface area contributed by atoms with E-state index in [0.717, 1.165) is 31.4 Å². The Kier molecular flexibility index (Phi) is 6.21. The second-order valence-corrected chi connectivity index (χ2v) is 7.04. The van der Waals surface area contributed by atoms with Crippen LogP contribution in [0.2, 0.25) is 0 Å². The maximum absolute atomic E-state index is 12.5. The van der Waals surface area contributed by atoms with Crippen LogP contribution in [-0.4, -0.2) is 45.9 Å². The van der Waals surface area contributed by atoms with E-state index in [0.29, 0.717) is 36.8 Å². The van der Waals surface area contributed by atoms with E-state index in [-0.39, 0.29) is 23.9 Å². The molecule has 1 N–H and O–H groups in total. The summed E-state index contributed by atoms with van der Waals surface area (Å²) in [5, 5.41) is 3.34. The van der Waals surface area contributed by atoms with Crippen LogP contribution < -0.4 is 10.9 Å². The Bertz CT molecular complexity index is 890. The van der Waals surface area contributed by atoms with E-state index in [2.05, 4.69) is 10.3 Å². The van der Waals surface area contributed by atoms with Crippen molar-refractivity contribution in [3.8, 4) is 0 Å². The maximum atomic E-state index is 12.5. The molecule has 0 atom stereocenters. The molecule has 1 aliphatic heterocycles. The van der Waals surface area contributed by atoms with Crippen molar-refractivity contribution in [1.82, 2.24) is 19.8 Å². The summed E-state index contributed by atoms with van der Waals surface area (Å²) in [7, 11) is 0. The Balaban J connectivity index is 1.51. The zero-order chi connectivity index (χ0) is 19.2. The third-order valence-electron chi connectivity index (χ3n) is 4.97. The number of likely N-dealkylation sites (tertiary alicyclic amines) is 1. The average Bonchev–Trinajstić information content (AvgIpc) is 2.86. The predicted molar refractivity (Wildman–Crippen MR) is 103 cm³/mol. The SMILES string of the molecule is Cc1cccc2c(=O)n(CC(=O)NCCCN3CCCCCC3=O)cnc12. The summed E-state index contributed by atoms with van der Waals surface area (Å²) in [6.07, 6.45) is 5.89. The first-order chi connectivity index (χ1) is 13.1. The van der Waals surface area contributed by atoms with Crippen LogP contribution in [0.4, 0.5) is 0 Å². The van der Waals surface area contributed by atoms with E-state index >= 15 is 0 Å². The first-order valence-corrected chi connectivity index (χ1v) is 9.55. The lowest BCUT2D eigenvalue weighted by molar-refractivity contribution is -0.130. The van der Waals surface area contributed by atoms with Gasteiger partial charge >= 0.3 is 0 Å². The van der Waals surface area contributed by atoms with Crippen molar-refractivity contribution in [1.29, 1.82) is 0 Å². The van der Waals surface area contributed by atoms with Crippen LogP contribution in [0.25, 0.3) is 10.9 Å². The Morgan fingerprint density at radius 2 is 2.07 bits per heavy atom. The van der Waals surface area contributed by atoms with Gasteiger partial charge in [0, 0.05) is 26.1 Å². The van der Waals surface area contributed by atoms with E-state index in [9.17, 15) is 14.4 Å². The number of hydrogen-bond donors (Lipinski definition) is 1. The molecule has 1 aromatic heterocycles. The number of rotatable bonds is 6. The van der Waals surface area contributed by atoms with E-state index in [4.69, 9.17) is 0 Å². The highest BCUT2D eigenvalue weighted by atomic mass is 16.2. The van der Waals surface area contributed by atoms with Crippen LogP contribution in [0.1, 0.15) is 37.7 Å². The largest absolute Gasteiger partial charge is 0.354 e. The number of aryl methyl sites for hydroxylation is 1. The number of fused-ring (bicyclic) bond motifs is 1. The van der Waals surface area contributed by atoms with Gasteiger partial charge in [-0.3, -0.25) is 19.0 Å². The number of carbonyl (C=O) groups is 2. The number of hydrogen-bond acceptors (Lipinski definition) is 4. The second-order valence-electron chi connectivity index (χ2n) is 7.04. The highest BCUT2D eigenvalue weighted by molar-refractivity contribution is 5.81. The monoisotopic (exact) mass is 370 g/mol. The molecular formula is C20H26N4O3. The molecule has 0 bridgehead atoms. The first-order valence-electron chi connectivity index (χ1n) is 9.55. The molecule has 1 fully saturated rings. The fourth-order valence-electron chi connectivity index (χ4n) is 3.43. The molecule has 0 saturated carbocycles. The van der Waals surface area contributed by atoms with Crippen molar-refractivity contribution in [2.75, 3.05) is 19.6 Å². The van der Waals surface area contributed by atoms with Gasteiger partial charge in [0.15, 0.2) is 0 Å². The minimum absolute atomic E-state index is 0.0572. The highest BCUT2D eigenvalue weighted by Crippen LogP contribution is 2.12. The van der Waals surface area contributed by atoms with Crippen molar-refractivity contribution in [3.05, 3.63) is 40.4 Å². The Labute approximate surface area is 158 Å². The summed E-state index contributed by atoms with van der Waals surface area (Å²) >= 11 is 0. The van der Waals surface area contributed by atoms with Crippen molar-refractivity contribution < 1.29 is 9.59 Å². The van der Waals surface area contributed by atoms with Gasteiger partial charge in [-0.05, 0) is 37.8 Å². The molecule has 2 aromatic rings. The highest BCUT2D eigenvalue weighted by Gasteiger charge is 2.16. The Morgan fingerprint density at radius 3 is 2.93 bits per heavy atom. The van der Waals surface area contributed by atoms with Crippen LogP contribution in [0.15, 0.2) is 29.3 Å². The van der Waals surface area contributed by atoms with Gasteiger partial charge in [-0.1, -0.05) is 18.6 Å². The van der Waals surface area contributed by atoms with Gasteiger partial charge in [0.1, 0.15) is 6.54 Å². The van der Waals surface area contributed by atoms with Crippen molar-refractivity contribution in [2.24, 2.45) is 0 Å². The van der Waals surface area contributed by atoms with E-state index in [1.54, 1.807) is 6.07 Å². The molecule has 7 heteroatoms. The summed E-state index contributed by atoms with van der Waals surface area (Å²) in [6, 6.07) is 5.44. The molecule has 7 nitrogen and oxygen atoms in total. The zero-order valence-corrected chi connectivity index (χ0v) is 15.7. The summed E-state index contributed by atoms with van der Waals surface area (Å²) in [6.45, 7) is 3.80. The van der Waals surface area contributed by atoms with Crippen molar-refractivity contribution in [3.63, 3.8) is 0 Å². The molecular weight excluding hydrogens is 344 g/mol. The normalized spacial score (nSPS) is 15.0. The molecule has 1 saturated heterocycles. The number of nitrogens with one attached hydrogen (secondary N) is 1. The lowest BCUT2D eigenvalue weighted by atomic mass is 10.1. The molecule has 1 aliphatic rings. The lowest BCUT2D eigenvalue weighted by Gasteiger charge is -2.20. The molecule has 1 aromatic carbocycles. The lowest BCUT2D eigenvalue weighted by Crippen LogP contribution is -2.36. The number of nitrogens with zero attached hydrogens (tertiary/aromatic N) is 3. The molecule has 2 amide bonds. The molecule has 3 rings (SSSR count). The second kappa shape index (κ2) is 8.79. The molecule has 0 unspecified atom stereocenters. The van der Waals surface area contributed by atoms with Crippen molar-refractivity contribution >= 4 is 22.7 Å². The fraction of sp³-hybridized carbons (Fsp3) is 0.500. The van der Waals surface area contributed by atoms with Gasteiger partial charge < -0.3 is 10.2 Å². The van der Waals surface area contributed by atoms with Gasteiger partial charge in [0.2, 0.25) is 11.8 Å². The van der Waals surface area contributed by atoms with Crippen LogP contribution in [-0.2, 0) is 16.1 Å². The molecule has 2 heterocycles. The topological polar surface area (TPSA) is 84.3 Å². The summed E-state index contributed by atoms with van der Waals surface area (Å²) in [5.41, 5.74) is 1.39. The Morgan fingerprint density at radius 1 is 1.22 bits per heavy atom. The first kappa shape index (κ1) is 19.1. The average molecular weight is 370 g/mol. The molecule has 0 radical (unpaired) electrons. The summed E-state index contributed by atoms with van der Waals surface area (Å²) in [4.78, 5) is 42.8. The van der Waals surface area contributed by atoms with Crippen molar-refractivity contribution in [2.45, 2.75) is 45.6 Å². The minimum atomic E-state index is -0.229. The summed E-state index contributed by atoms with van der Waals surface area (Å²) < 4.78 is 1.33. The van der Waals surface area contributed by atoms with Crippen LogP contribution in [0.3, 0.4) is 0 Å². The van der Waals surface area contributed by atoms with Crippen LogP contribution in [0.5, 0.6) is 0 Å². The zero-order valence-electron chi connectivity index (χ0n) is 15.7. The van der Waals surface area contributed by atoms with Crippen LogP contribution in [0, 0.1) is 6.92 Å². The standard InChI is InChI=1S/C20H26N4O3/c1-15-7-5-8-16-19(15)22-14-24(20(16)27)13-17(25)21-10-6-12-23-11-4-2-3-9-18(23)26/h5,7-8,14H,2-4,6,9-13H2,1H3,(H,21,25). The number of benzene rings is 1. The number of para-hydroxylation sites is 1. The van der Waals surface area contributed by atoms with E-state index in [1.807, 2.05) is 24.0 Å². The number of amides is 2. The van der Waals surface area contributed by atoms with Gasteiger partial charge in [-0.25, -0.2) is 4.98 Å². The third kappa shape index (κ3) is 4.72. The maximum Gasteiger partial charge on any atom is 0.261 e. The van der Waals surface area contributed by atoms with Gasteiger partial charge in [-0.15, -0.1) is 0 Å². The van der Waals surface area contributed by atoms with Crippen LogP contribution >= 0.6 is 0 Å². The quantitative estimate of drug-likeness (QED) is 0.783. The fourth-order valence-corrected chi connectivity index (χ4v) is 3.43. The molecule has 144 valence electrons.